The van der Waals surface area contributed by atoms with Crippen molar-refractivity contribution in [1.29, 1.82) is 0 Å². The van der Waals surface area contributed by atoms with Gasteiger partial charge in [0.05, 0.1) is 6.54 Å². The van der Waals surface area contributed by atoms with Crippen LogP contribution in [0.3, 0.4) is 0 Å². The zero-order valence-corrected chi connectivity index (χ0v) is 12.5. The molecule has 2 aliphatic rings. The summed E-state index contributed by atoms with van der Waals surface area (Å²) in [7, 11) is 2.20. The molecule has 0 aromatic heterocycles. The van der Waals surface area contributed by atoms with Crippen LogP contribution in [0.15, 0.2) is 4.99 Å². The van der Waals surface area contributed by atoms with E-state index < -0.39 is 0 Å². The first-order valence-corrected chi connectivity index (χ1v) is 5.97. The molecule has 0 bridgehead atoms. The molecule has 0 aromatic carbocycles. The van der Waals surface area contributed by atoms with E-state index in [0.29, 0.717) is 6.04 Å². The number of aliphatic imine (C=N–C) groups is 1. The Kier molecular flexibility index (Phi) is 5.82. The topological polar surface area (TPSA) is 39.7 Å². The highest BCUT2D eigenvalue weighted by atomic mass is 127. The van der Waals surface area contributed by atoms with Gasteiger partial charge in [-0.2, -0.15) is 0 Å². The van der Waals surface area contributed by atoms with Crippen LogP contribution in [0.25, 0.3) is 0 Å². The van der Waals surface area contributed by atoms with Gasteiger partial charge in [0, 0.05) is 12.6 Å². The maximum atomic E-state index is 4.40. The van der Waals surface area contributed by atoms with Crippen molar-refractivity contribution in [2.75, 3.05) is 33.2 Å². The number of hydrogen-bond donors (Lipinski definition) is 2. The maximum Gasteiger partial charge on any atom is 0.191 e. The van der Waals surface area contributed by atoms with Crippen molar-refractivity contribution in [3.8, 4) is 0 Å². The first-order chi connectivity index (χ1) is 7.24. The van der Waals surface area contributed by atoms with Crippen LogP contribution in [0.1, 0.15) is 19.8 Å². The van der Waals surface area contributed by atoms with Crippen molar-refractivity contribution >= 4 is 29.9 Å². The minimum absolute atomic E-state index is 0. The van der Waals surface area contributed by atoms with Crippen LogP contribution in [-0.4, -0.2) is 50.1 Å². The molecule has 0 spiro atoms. The first-order valence-electron chi connectivity index (χ1n) is 5.97. The second kappa shape index (κ2) is 6.64. The number of halogens is 1. The SMILES string of the molecule is CC1CN=C(NCC2CCN(C)CC2)N1.I. The number of guanidine groups is 1. The first kappa shape index (κ1) is 14.0. The van der Waals surface area contributed by atoms with E-state index in [0.717, 1.165) is 25.0 Å². The quantitative estimate of drug-likeness (QED) is 0.735. The van der Waals surface area contributed by atoms with Gasteiger partial charge in [-0.05, 0) is 45.8 Å². The van der Waals surface area contributed by atoms with E-state index in [1.807, 2.05) is 0 Å². The molecule has 1 fully saturated rings. The monoisotopic (exact) mass is 338 g/mol. The van der Waals surface area contributed by atoms with Crippen LogP contribution in [0, 0.1) is 5.92 Å². The average Bonchev–Trinajstić information content (AvgIpc) is 2.64. The van der Waals surface area contributed by atoms with Gasteiger partial charge < -0.3 is 15.5 Å². The lowest BCUT2D eigenvalue weighted by molar-refractivity contribution is 0.220. The Morgan fingerprint density at radius 2 is 2.12 bits per heavy atom. The van der Waals surface area contributed by atoms with E-state index in [2.05, 4.69) is 34.5 Å². The van der Waals surface area contributed by atoms with Gasteiger partial charge in [0.2, 0.25) is 0 Å². The van der Waals surface area contributed by atoms with Crippen molar-refractivity contribution in [2.24, 2.45) is 10.9 Å². The molecule has 1 saturated heterocycles. The van der Waals surface area contributed by atoms with Crippen LogP contribution in [0.4, 0.5) is 0 Å². The Bertz CT molecular complexity index is 236. The van der Waals surface area contributed by atoms with Crippen LogP contribution in [0.2, 0.25) is 0 Å². The van der Waals surface area contributed by atoms with Crippen molar-refractivity contribution in [2.45, 2.75) is 25.8 Å². The van der Waals surface area contributed by atoms with Crippen LogP contribution < -0.4 is 10.6 Å². The lowest BCUT2D eigenvalue weighted by atomic mass is 9.97. The third-order valence-electron chi connectivity index (χ3n) is 3.30. The van der Waals surface area contributed by atoms with Gasteiger partial charge in [0.25, 0.3) is 0 Å². The van der Waals surface area contributed by atoms with Crippen molar-refractivity contribution in [3.05, 3.63) is 0 Å². The second-order valence-electron chi connectivity index (χ2n) is 4.86. The summed E-state index contributed by atoms with van der Waals surface area (Å²) in [5, 5.41) is 6.75. The summed E-state index contributed by atoms with van der Waals surface area (Å²) in [6.45, 7) is 6.63. The summed E-state index contributed by atoms with van der Waals surface area (Å²) >= 11 is 0. The number of likely N-dealkylation sites (tertiary alicyclic amines) is 1. The predicted octanol–water partition coefficient (Wildman–Crippen LogP) is 0.883. The molecule has 0 saturated carbocycles. The Balaban J connectivity index is 0.00000128. The molecular weight excluding hydrogens is 315 g/mol. The molecule has 0 radical (unpaired) electrons. The largest absolute Gasteiger partial charge is 0.356 e. The number of piperidine rings is 1. The van der Waals surface area contributed by atoms with Crippen LogP contribution in [-0.2, 0) is 0 Å². The minimum Gasteiger partial charge on any atom is -0.356 e. The van der Waals surface area contributed by atoms with Gasteiger partial charge in [0.15, 0.2) is 5.96 Å². The normalized spacial score (nSPS) is 26.9. The van der Waals surface area contributed by atoms with Gasteiger partial charge >= 0.3 is 0 Å². The third kappa shape index (κ3) is 4.08. The fourth-order valence-corrected chi connectivity index (χ4v) is 2.17. The van der Waals surface area contributed by atoms with E-state index in [9.17, 15) is 0 Å². The highest BCUT2D eigenvalue weighted by Crippen LogP contribution is 2.14. The molecule has 2 N–H and O–H groups in total. The molecule has 4 nitrogen and oxygen atoms in total. The van der Waals surface area contributed by atoms with Gasteiger partial charge in [-0.3, -0.25) is 4.99 Å². The molecule has 2 heterocycles. The molecule has 5 heteroatoms. The van der Waals surface area contributed by atoms with Crippen LogP contribution in [0.5, 0.6) is 0 Å². The van der Waals surface area contributed by atoms with Crippen molar-refractivity contribution in [3.63, 3.8) is 0 Å². The summed E-state index contributed by atoms with van der Waals surface area (Å²) < 4.78 is 0. The van der Waals surface area contributed by atoms with Gasteiger partial charge in [-0.1, -0.05) is 0 Å². The van der Waals surface area contributed by atoms with Gasteiger partial charge in [-0.25, -0.2) is 0 Å². The molecule has 0 aromatic rings. The van der Waals surface area contributed by atoms with Crippen LogP contribution >= 0.6 is 24.0 Å². The van der Waals surface area contributed by atoms with Gasteiger partial charge in [-0.15, -0.1) is 24.0 Å². The Hall–Kier alpha value is -0.0400. The fraction of sp³-hybridized carbons (Fsp3) is 0.909. The van der Waals surface area contributed by atoms with E-state index in [-0.39, 0.29) is 24.0 Å². The highest BCUT2D eigenvalue weighted by Gasteiger charge is 2.18. The molecule has 1 unspecified atom stereocenters. The van der Waals surface area contributed by atoms with E-state index in [1.54, 1.807) is 0 Å². The molecule has 2 rings (SSSR count). The molecule has 0 amide bonds. The van der Waals surface area contributed by atoms with Crippen molar-refractivity contribution < 1.29 is 0 Å². The highest BCUT2D eigenvalue weighted by molar-refractivity contribution is 14.0. The number of nitrogens with one attached hydrogen (secondary N) is 2. The zero-order valence-electron chi connectivity index (χ0n) is 10.2. The molecular formula is C11H23IN4. The summed E-state index contributed by atoms with van der Waals surface area (Å²) in [6, 6.07) is 0.505. The fourth-order valence-electron chi connectivity index (χ4n) is 2.17. The predicted molar refractivity (Wildman–Crippen MR) is 78.5 cm³/mol. The van der Waals surface area contributed by atoms with Gasteiger partial charge in [0.1, 0.15) is 0 Å². The second-order valence-corrected chi connectivity index (χ2v) is 4.86. The number of nitrogens with zero attached hydrogens (tertiary/aromatic N) is 2. The number of rotatable bonds is 2. The standard InChI is InChI=1S/C11H22N4.HI/c1-9-7-12-11(14-9)13-8-10-3-5-15(2)6-4-10;/h9-10H,3-8H2,1-2H3,(H2,12,13,14);1H. The lowest BCUT2D eigenvalue weighted by Crippen LogP contribution is -2.42. The zero-order chi connectivity index (χ0) is 10.7. The summed E-state index contributed by atoms with van der Waals surface area (Å²) in [4.78, 5) is 6.81. The molecule has 16 heavy (non-hydrogen) atoms. The molecule has 2 aliphatic heterocycles. The van der Waals surface area contributed by atoms with Crippen molar-refractivity contribution in [1.82, 2.24) is 15.5 Å². The minimum atomic E-state index is 0. The number of hydrogen-bond acceptors (Lipinski definition) is 4. The van der Waals surface area contributed by atoms with E-state index >= 15 is 0 Å². The molecule has 94 valence electrons. The smallest absolute Gasteiger partial charge is 0.191 e. The average molecular weight is 338 g/mol. The third-order valence-corrected chi connectivity index (χ3v) is 3.30. The lowest BCUT2D eigenvalue weighted by Gasteiger charge is -2.29. The summed E-state index contributed by atoms with van der Waals surface area (Å²) in [6.07, 6.45) is 2.62. The Labute approximate surface area is 115 Å². The Morgan fingerprint density at radius 3 is 2.69 bits per heavy atom. The van der Waals surface area contributed by atoms with E-state index in [1.165, 1.54) is 25.9 Å². The Morgan fingerprint density at radius 1 is 1.44 bits per heavy atom. The molecule has 1 atom stereocenters. The van der Waals surface area contributed by atoms with E-state index in [4.69, 9.17) is 0 Å². The summed E-state index contributed by atoms with van der Waals surface area (Å²) in [5.74, 6) is 1.82. The summed E-state index contributed by atoms with van der Waals surface area (Å²) in [5.41, 5.74) is 0. The molecule has 0 aliphatic carbocycles. The maximum absolute atomic E-state index is 4.40.